The van der Waals surface area contributed by atoms with Crippen molar-refractivity contribution in [2.75, 3.05) is 12.8 Å². The standard InChI is InChI=1S/C13H17N3O2/c1-4-11-12(14)13(16(2)15-11)18-10-7-5-6-9(8-10)17-3/h5-8H,4,14H2,1-3H3. The molecule has 0 aliphatic heterocycles. The van der Waals surface area contributed by atoms with Crippen LogP contribution in [0.4, 0.5) is 5.69 Å². The average Bonchev–Trinajstić information content (AvgIpc) is 2.66. The molecule has 2 aromatic rings. The van der Waals surface area contributed by atoms with Gasteiger partial charge in [0.15, 0.2) is 0 Å². The van der Waals surface area contributed by atoms with Crippen molar-refractivity contribution >= 4 is 5.69 Å². The van der Waals surface area contributed by atoms with Crippen molar-refractivity contribution in [3.8, 4) is 17.4 Å². The smallest absolute Gasteiger partial charge is 0.241 e. The second-order valence-corrected chi connectivity index (χ2v) is 3.92. The van der Waals surface area contributed by atoms with E-state index in [1.807, 2.05) is 32.2 Å². The zero-order valence-corrected chi connectivity index (χ0v) is 10.8. The maximum atomic E-state index is 5.99. The highest BCUT2D eigenvalue weighted by molar-refractivity contribution is 5.54. The van der Waals surface area contributed by atoms with Gasteiger partial charge >= 0.3 is 0 Å². The molecule has 0 amide bonds. The van der Waals surface area contributed by atoms with Gasteiger partial charge in [0, 0.05) is 13.1 Å². The van der Waals surface area contributed by atoms with Crippen LogP contribution in [0.15, 0.2) is 24.3 Å². The third-order valence-corrected chi connectivity index (χ3v) is 2.70. The van der Waals surface area contributed by atoms with Gasteiger partial charge in [0.1, 0.15) is 17.2 Å². The van der Waals surface area contributed by atoms with Crippen LogP contribution in [0.2, 0.25) is 0 Å². The minimum Gasteiger partial charge on any atom is -0.497 e. The van der Waals surface area contributed by atoms with Crippen LogP contribution >= 0.6 is 0 Å². The molecule has 1 aromatic heterocycles. The molecule has 5 heteroatoms. The number of aryl methyl sites for hydroxylation is 2. The van der Waals surface area contributed by atoms with Crippen LogP contribution in [-0.2, 0) is 13.5 Å². The molecule has 2 rings (SSSR count). The second-order valence-electron chi connectivity index (χ2n) is 3.92. The van der Waals surface area contributed by atoms with Crippen molar-refractivity contribution in [2.45, 2.75) is 13.3 Å². The van der Waals surface area contributed by atoms with E-state index in [9.17, 15) is 0 Å². The number of rotatable bonds is 4. The average molecular weight is 247 g/mol. The summed E-state index contributed by atoms with van der Waals surface area (Å²) >= 11 is 0. The molecule has 0 aliphatic carbocycles. The summed E-state index contributed by atoms with van der Waals surface area (Å²) in [6.07, 6.45) is 0.779. The summed E-state index contributed by atoms with van der Waals surface area (Å²) in [6.45, 7) is 2.01. The van der Waals surface area contributed by atoms with Gasteiger partial charge in [-0.15, -0.1) is 0 Å². The van der Waals surface area contributed by atoms with Crippen molar-refractivity contribution < 1.29 is 9.47 Å². The van der Waals surface area contributed by atoms with E-state index >= 15 is 0 Å². The van der Waals surface area contributed by atoms with Crippen molar-refractivity contribution in [2.24, 2.45) is 7.05 Å². The lowest BCUT2D eigenvalue weighted by Crippen LogP contribution is -1.97. The Bertz CT molecular complexity index is 549. The van der Waals surface area contributed by atoms with Crippen LogP contribution in [0.5, 0.6) is 17.4 Å². The van der Waals surface area contributed by atoms with E-state index < -0.39 is 0 Å². The number of benzene rings is 1. The molecule has 96 valence electrons. The summed E-state index contributed by atoms with van der Waals surface area (Å²) in [4.78, 5) is 0. The highest BCUT2D eigenvalue weighted by Crippen LogP contribution is 2.31. The predicted molar refractivity (Wildman–Crippen MR) is 70.1 cm³/mol. The molecule has 1 heterocycles. The Morgan fingerprint density at radius 3 is 2.67 bits per heavy atom. The molecule has 5 nitrogen and oxygen atoms in total. The van der Waals surface area contributed by atoms with Gasteiger partial charge in [0.05, 0.1) is 12.8 Å². The van der Waals surface area contributed by atoms with E-state index in [0.717, 1.165) is 17.9 Å². The zero-order chi connectivity index (χ0) is 13.1. The normalized spacial score (nSPS) is 10.4. The molecule has 0 aliphatic rings. The molecule has 1 aromatic carbocycles. The van der Waals surface area contributed by atoms with Gasteiger partial charge in [-0.2, -0.15) is 5.10 Å². The fourth-order valence-corrected chi connectivity index (χ4v) is 1.74. The number of hydrogen-bond acceptors (Lipinski definition) is 4. The van der Waals surface area contributed by atoms with Gasteiger partial charge in [0.25, 0.3) is 0 Å². The van der Waals surface area contributed by atoms with E-state index in [0.29, 0.717) is 17.3 Å². The summed E-state index contributed by atoms with van der Waals surface area (Å²) in [6, 6.07) is 7.37. The number of nitrogen functional groups attached to an aromatic ring is 1. The Kier molecular flexibility index (Phi) is 3.41. The van der Waals surface area contributed by atoms with E-state index in [1.165, 1.54) is 0 Å². The van der Waals surface area contributed by atoms with Gasteiger partial charge in [0.2, 0.25) is 5.88 Å². The number of methoxy groups -OCH3 is 1. The third kappa shape index (κ3) is 2.25. The van der Waals surface area contributed by atoms with E-state index in [-0.39, 0.29) is 0 Å². The highest BCUT2D eigenvalue weighted by atomic mass is 16.5. The lowest BCUT2D eigenvalue weighted by atomic mass is 10.3. The van der Waals surface area contributed by atoms with Gasteiger partial charge < -0.3 is 15.2 Å². The largest absolute Gasteiger partial charge is 0.497 e. The number of ether oxygens (including phenoxy) is 2. The molecule has 0 atom stereocenters. The number of anilines is 1. The lowest BCUT2D eigenvalue weighted by molar-refractivity contribution is 0.402. The Hall–Kier alpha value is -2.17. The van der Waals surface area contributed by atoms with Gasteiger partial charge in [-0.1, -0.05) is 13.0 Å². The molecule has 0 fully saturated rings. The van der Waals surface area contributed by atoms with E-state index in [2.05, 4.69) is 5.10 Å². The summed E-state index contributed by atoms with van der Waals surface area (Å²) in [5.74, 6) is 1.97. The van der Waals surface area contributed by atoms with Crippen molar-refractivity contribution in [3.05, 3.63) is 30.0 Å². The Labute approximate surface area is 106 Å². The fourth-order valence-electron chi connectivity index (χ4n) is 1.74. The van der Waals surface area contributed by atoms with Crippen LogP contribution < -0.4 is 15.2 Å². The number of hydrogen-bond donors (Lipinski definition) is 1. The van der Waals surface area contributed by atoms with Gasteiger partial charge in [-0.3, -0.25) is 0 Å². The first-order valence-electron chi connectivity index (χ1n) is 5.79. The summed E-state index contributed by atoms with van der Waals surface area (Å²) in [5, 5.41) is 4.30. The third-order valence-electron chi connectivity index (χ3n) is 2.70. The maximum Gasteiger partial charge on any atom is 0.241 e. The molecule has 2 N–H and O–H groups in total. The molecule has 0 saturated heterocycles. The Morgan fingerprint density at radius 1 is 1.33 bits per heavy atom. The molecule has 0 saturated carbocycles. The quantitative estimate of drug-likeness (QED) is 0.901. The summed E-state index contributed by atoms with van der Waals surface area (Å²) in [7, 11) is 3.43. The highest BCUT2D eigenvalue weighted by Gasteiger charge is 2.14. The molecule has 18 heavy (non-hydrogen) atoms. The predicted octanol–water partition coefficient (Wildman–Crippen LogP) is 2.37. The van der Waals surface area contributed by atoms with Gasteiger partial charge in [-0.05, 0) is 18.6 Å². The fraction of sp³-hybridized carbons (Fsp3) is 0.308. The maximum absolute atomic E-state index is 5.99. The lowest BCUT2D eigenvalue weighted by Gasteiger charge is -2.07. The first-order valence-corrected chi connectivity index (χ1v) is 5.79. The van der Waals surface area contributed by atoms with E-state index in [1.54, 1.807) is 17.9 Å². The van der Waals surface area contributed by atoms with Crippen molar-refractivity contribution in [3.63, 3.8) is 0 Å². The van der Waals surface area contributed by atoms with Crippen molar-refractivity contribution in [1.82, 2.24) is 9.78 Å². The molecule has 0 radical (unpaired) electrons. The van der Waals surface area contributed by atoms with Crippen LogP contribution in [0.3, 0.4) is 0 Å². The minimum atomic E-state index is 0.556. The Morgan fingerprint density at radius 2 is 2.06 bits per heavy atom. The van der Waals surface area contributed by atoms with Crippen LogP contribution in [0.25, 0.3) is 0 Å². The van der Waals surface area contributed by atoms with Gasteiger partial charge in [-0.25, -0.2) is 4.68 Å². The summed E-state index contributed by atoms with van der Waals surface area (Å²) in [5.41, 5.74) is 7.42. The molecule has 0 unspecified atom stereocenters. The SMILES string of the molecule is CCc1nn(C)c(Oc2cccc(OC)c2)c1N. The number of nitrogens with two attached hydrogens (primary N) is 1. The molecular weight excluding hydrogens is 230 g/mol. The van der Waals surface area contributed by atoms with Crippen LogP contribution in [0.1, 0.15) is 12.6 Å². The molecule has 0 spiro atoms. The topological polar surface area (TPSA) is 62.3 Å². The van der Waals surface area contributed by atoms with Crippen LogP contribution in [-0.4, -0.2) is 16.9 Å². The molecular formula is C13H17N3O2. The minimum absolute atomic E-state index is 0.556. The monoisotopic (exact) mass is 247 g/mol. The number of nitrogens with zero attached hydrogens (tertiary/aromatic N) is 2. The number of aromatic nitrogens is 2. The molecule has 0 bridgehead atoms. The van der Waals surface area contributed by atoms with Crippen LogP contribution in [0, 0.1) is 0 Å². The first kappa shape index (κ1) is 12.3. The summed E-state index contributed by atoms with van der Waals surface area (Å²) < 4.78 is 12.6. The zero-order valence-electron chi connectivity index (χ0n) is 10.8. The van der Waals surface area contributed by atoms with Crippen molar-refractivity contribution in [1.29, 1.82) is 0 Å². The first-order chi connectivity index (χ1) is 8.65. The second kappa shape index (κ2) is 5.00. The van der Waals surface area contributed by atoms with E-state index in [4.69, 9.17) is 15.2 Å². The Balaban J connectivity index is 2.30.